The third-order valence-corrected chi connectivity index (χ3v) is 0.499. The van der Waals surface area contributed by atoms with Crippen molar-refractivity contribution in [1.82, 2.24) is 10.6 Å². The van der Waals surface area contributed by atoms with E-state index in [-0.39, 0.29) is 699 Å². The zero-order chi connectivity index (χ0) is 13.5. The third-order valence-electron chi connectivity index (χ3n) is 0.499. The van der Waals surface area contributed by atoms with Gasteiger partial charge < -0.3 is 55.2 Å². The Kier molecular flexibility index (Phi) is 1860. The van der Waals surface area contributed by atoms with Crippen LogP contribution in [0.1, 0.15) is 55.4 Å². The molecule has 23 heteroatoms. The van der Waals surface area contributed by atoms with Crippen molar-refractivity contribution >= 4 is 6.34 Å². The Morgan fingerprint density at radius 1 is 0.366 bits per heavy atom. The first kappa shape index (κ1) is 238. The molecular weight excluding hydrogens is 2040 g/mol. The Hall–Kier alpha value is 21.5. The molecule has 0 atom stereocenters. The van der Waals surface area contributed by atoms with Gasteiger partial charge in [0.2, 0.25) is 0 Å². The van der Waals surface area contributed by atoms with E-state index in [2.05, 4.69) is 15.6 Å². The van der Waals surface area contributed by atoms with Crippen LogP contribution < -0.4 is 10.6 Å². The summed E-state index contributed by atoms with van der Waals surface area (Å²) in [7, 11) is 3.60. The molecule has 0 bridgehead atoms. The number of nitrogens with zero attached hydrogens (tertiary/aromatic N) is 1. The average Bonchev–Trinajstić information content (AvgIpc) is 2.40. The van der Waals surface area contributed by atoms with E-state index < -0.39 is 0 Å². The molecule has 0 saturated heterocycles. The van der Waals surface area contributed by atoms with Gasteiger partial charge in [0.05, 0.1) is 13.0 Å². The smallest absolute Gasteiger partial charge is 0.0830 e. The van der Waals surface area contributed by atoms with Gasteiger partial charge in [-0.05, 0) is 7.05 Å². The SMILES string of the molecule is CC.CC.CC.CC.CN=CNCNC.[CH3-].[CH3-].[CH3-].[CH3-].[CH3-].[CH3-].[Y].[Y].[Y].[Y].[Y].[Y].[Y].[Y].[Y].[Y].[Y].[Y].[Y].[Y].[Y].[Y].[Y].[Y].[Y].[Y]. The van der Waals surface area contributed by atoms with Gasteiger partial charge >= 0.3 is 0 Å². The first-order chi connectivity index (χ1) is 7.41. The summed E-state index contributed by atoms with van der Waals surface area (Å²) in [6, 6.07) is 0. The van der Waals surface area contributed by atoms with Gasteiger partial charge in [-0.2, -0.15) is 0 Å². The molecule has 0 amide bonds. The van der Waals surface area contributed by atoms with Crippen molar-refractivity contribution in [3.63, 3.8) is 0 Å². The minimum absolute atomic E-state index is 0. The van der Waals surface area contributed by atoms with Gasteiger partial charge in [0.1, 0.15) is 0 Å². The van der Waals surface area contributed by atoms with Crippen molar-refractivity contribution in [2.75, 3.05) is 20.8 Å². The van der Waals surface area contributed by atoms with E-state index in [9.17, 15) is 0 Å². The maximum Gasteiger partial charge on any atom is 0.0830 e. The molecule has 0 unspecified atom stereocenters. The molecule has 0 saturated carbocycles. The number of hydrogen-bond acceptors (Lipinski definition) is 2. The molecule has 0 aliphatic heterocycles. The predicted octanol–water partition coefficient (Wildman–Crippen LogP) is 6.17. The standard InChI is InChI=1S/C4H11N3.4C2H6.6CH3.20Y/c1-5-3-7-4-6-2;4*1-2;;;;;;;;;;;;;;;;;;;;;;;;;;/h3,6H,4H2,1-2H3,(H,5,7);4*1-2H3;6*1H3;;;;;;;;;;;;;;;;;;;;/q;;;;;6*-1;;;;;;;;;;;;;;;;;;;;. The first-order valence-electron chi connectivity index (χ1n) is 6.20. The molecule has 0 aliphatic rings. The van der Waals surface area contributed by atoms with Crippen LogP contribution in [0.2, 0.25) is 0 Å². The molecular formula is C18H53N3Y20-6. The van der Waals surface area contributed by atoms with E-state index in [1.165, 1.54) is 0 Å². The van der Waals surface area contributed by atoms with Crippen molar-refractivity contribution in [3.8, 4) is 0 Å². The van der Waals surface area contributed by atoms with E-state index in [1.807, 2.05) is 62.4 Å². The van der Waals surface area contributed by atoms with Gasteiger partial charge in [0.15, 0.2) is 0 Å². The third kappa shape index (κ3) is 335. The summed E-state index contributed by atoms with van der Waals surface area (Å²) in [6.45, 7) is 16.8. The van der Waals surface area contributed by atoms with Gasteiger partial charge in [0.25, 0.3) is 0 Å². The zero-order valence-electron chi connectivity index (χ0n) is 30.3. The summed E-state index contributed by atoms with van der Waals surface area (Å²) >= 11 is 0. The van der Waals surface area contributed by atoms with E-state index in [1.54, 1.807) is 13.4 Å². The van der Waals surface area contributed by atoms with Crippen LogP contribution in [-0.2, 0) is 654 Å². The number of nitrogens with one attached hydrogen (secondary N) is 2. The van der Waals surface area contributed by atoms with E-state index in [0.29, 0.717) is 0 Å². The fourth-order valence-electron chi connectivity index (χ4n) is 0.239. The maximum absolute atomic E-state index is 3.70. The van der Waals surface area contributed by atoms with Crippen molar-refractivity contribution in [2.45, 2.75) is 55.4 Å². The molecule has 2 N–H and O–H groups in total. The summed E-state index contributed by atoms with van der Waals surface area (Å²) in [4.78, 5) is 3.70. The molecule has 0 aromatic rings. The number of aliphatic imine (C=N–C) groups is 1. The van der Waals surface area contributed by atoms with Gasteiger partial charge in [-0.3, -0.25) is 4.99 Å². The van der Waals surface area contributed by atoms with Crippen LogP contribution in [0.4, 0.5) is 0 Å². The van der Waals surface area contributed by atoms with Gasteiger partial charge in [-0.15, -0.1) is 0 Å². The maximum atomic E-state index is 3.70. The minimum atomic E-state index is 0. The first-order valence-corrected chi connectivity index (χ1v) is 6.20. The van der Waals surface area contributed by atoms with Gasteiger partial charge in [-0.25, -0.2) is 0 Å². The minimum Gasteiger partial charge on any atom is -0.364 e. The second-order valence-corrected chi connectivity index (χ2v) is 1.12. The van der Waals surface area contributed by atoms with Crippen LogP contribution in [0.15, 0.2) is 4.99 Å². The van der Waals surface area contributed by atoms with Crippen LogP contribution in [0.3, 0.4) is 0 Å². The van der Waals surface area contributed by atoms with Crippen LogP contribution in [0.25, 0.3) is 0 Å². The van der Waals surface area contributed by atoms with Crippen molar-refractivity contribution in [2.24, 2.45) is 4.99 Å². The van der Waals surface area contributed by atoms with Crippen LogP contribution in [0.5, 0.6) is 0 Å². The van der Waals surface area contributed by atoms with E-state index >= 15 is 0 Å². The topological polar surface area (TPSA) is 36.4 Å². The molecule has 0 fully saturated rings. The predicted molar refractivity (Wildman–Crippen MR) is 115 cm³/mol. The molecule has 0 heterocycles. The Labute approximate surface area is 771 Å². The second kappa shape index (κ2) is 320. The van der Waals surface area contributed by atoms with Crippen molar-refractivity contribution in [3.05, 3.63) is 44.6 Å². The van der Waals surface area contributed by atoms with Crippen LogP contribution in [-0.4, -0.2) is 27.1 Å². The fraction of sp³-hybridized carbons (Fsp3) is 0.611. The second-order valence-electron chi connectivity index (χ2n) is 1.12. The van der Waals surface area contributed by atoms with Gasteiger partial charge in [0, 0.05) is 661 Å². The zero-order valence-corrected chi connectivity index (χ0v) is 87.0. The molecule has 0 spiro atoms. The molecule has 0 rings (SSSR count). The van der Waals surface area contributed by atoms with E-state index in [4.69, 9.17) is 0 Å². The Bertz CT molecular complexity index is 97.4. The van der Waals surface area contributed by atoms with E-state index in [0.717, 1.165) is 6.67 Å². The van der Waals surface area contributed by atoms with Gasteiger partial charge in [-0.1, -0.05) is 55.4 Å². The normalized spacial score (nSPS) is 2.29. The molecule has 0 aromatic carbocycles. The van der Waals surface area contributed by atoms with Crippen molar-refractivity contribution in [1.29, 1.82) is 0 Å². The quantitative estimate of drug-likeness (QED) is 0.117. The summed E-state index contributed by atoms with van der Waals surface area (Å²) in [5.41, 5.74) is 0. The van der Waals surface area contributed by atoms with Crippen LogP contribution in [0, 0.1) is 44.6 Å². The van der Waals surface area contributed by atoms with Crippen molar-refractivity contribution < 1.29 is 654 Å². The number of rotatable bonds is 3. The molecule has 20 radical (unpaired) electrons. The molecule has 0 aliphatic carbocycles. The summed E-state index contributed by atoms with van der Waals surface area (Å²) in [5, 5.41) is 5.78. The largest absolute Gasteiger partial charge is 0.364 e. The van der Waals surface area contributed by atoms with Crippen LogP contribution >= 0.6 is 0 Å². The summed E-state index contributed by atoms with van der Waals surface area (Å²) in [6.07, 6.45) is 1.65. The summed E-state index contributed by atoms with van der Waals surface area (Å²) in [5.74, 6) is 0. The number of hydrogen-bond donors (Lipinski definition) is 2. The average molecular weight is 2090 g/mol. The monoisotopic (exact) mass is 2090 g/mol. The Balaban J connectivity index is -0.000000000962. The molecule has 41 heavy (non-hydrogen) atoms. The molecule has 0 aromatic heterocycles. The Morgan fingerprint density at radius 3 is 0.561 bits per heavy atom. The molecule has 206 valence electrons. The molecule has 3 nitrogen and oxygen atoms in total. The fourth-order valence-corrected chi connectivity index (χ4v) is 0.239. The Morgan fingerprint density at radius 2 is 0.488 bits per heavy atom. The summed E-state index contributed by atoms with van der Waals surface area (Å²) < 4.78 is 0.